The molecule has 8 heteroatoms. The Bertz CT molecular complexity index is 507. The molecule has 1 N–H and O–H groups in total. The van der Waals surface area contributed by atoms with Gasteiger partial charge in [-0.15, -0.1) is 0 Å². The van der Waals surface area contributed by atoms with Crippen LogP contribution >= 0.6 is 31.9 Å². The first kappa shape index (κ1) is 13.3. The van der Waals surface area contributed by atoms with Gasteiger partial charge in [0, 0.05) is 35.9 Å². The summed E-state index contributed by atoms with van der Waals surface area (Å²) in [7, 11) is 0. The highest BCUT2D eigenvalue weighted by atomic mass is 79.9. The van der Waals surface area contributed by atoms with E-state index < -0.39 is 4.92 Å². The molecule has 0 amide bonds. The van der Waals surface area contributed by atoms with Gasteiger partial charge in [0.05, 0.1) is 4.92 Å². The van der Waals surface area contributed by atoms with E-state index in [0.717, 1.165) is 27.4 Å². The molecule has 0 unspecified atom stereocenters. The Morgan fingerprint density at radius 2 is 2.39 bits per heavy atom. The van der Waals surface area contributed by atoms with Gasteiger partial charge in [0.15, 0.2) is 5.82 Å². The largest absolute Gasteiger partial charge is 0.365 e. The van der Waals surface area contributed by atoms with Crippen LogP contribution in [0.4, 0.5) is 0 Å². The number of aromatic nitrogens is 1. The van der Waals surface area contributed by atoms with Crippen LogP contribution in [-0.4, -0.2) is 27.9 Å². The Hall–Kier alpha value is -1.15. The van der Waals surface area contributed by atoms with Crippen LogP contribution in [0.3, 0.4) is 0 Å². The van der Waals surface area contributed by atoms with Crippen molar-refractivity contribution < 1.29 is 4.92 Å². The highest BCUT2D eigenvalue weighted by Gasteiger charge is 2.20. The van der Waals surface area contributed by atoms with Crippen molar-refractivity contribution >= 4 is 31.9 Å². The van der Waals surface area contributed by atoms with Gasteiger partial charge in [-0.2, -0.15) is 0 Å². The molecule has 0 radical (unpaired) electrons. The van der Waals surface area contributed by atoms with Gasteiger partial charge >= 0.3 is 0 Å². The second kappa shape index (κ2) is 5.66. The number of nitrogens with one attached hydrogen (secondary N) is 1. The van der Waals surface area contributed by atoms with Crippen LogP contribution in [0.25, 0.3) is 0 Å². The predicted molar refractivity (Wildman–Crippen MR) is 73.1 cm³/mol. The third kappa shape index (κ3) is 3.20. The van der Waals surface area contributed by atoms with Gasteiger partial charge in [-0.1, -0.05) is 15.9 Å². The molecule has 2 heterocycles. The maximum atomic E-state index is 10.5. The fourth-order valence-corrected chi connectivity index (χ4v) is 2.78. The summed E-state index contributed by atoms with van der Waals surface area (Å²) in [6, 6.07) is 1.86. The van der Waals surface area contributed by atoms with Gasteiger partial charge in [-0.05, 0) is 22.0 Å². The van der Waals surface area contributed by atoms with E-state index in [1.54, 1.807) is 6.20 Å². The van der Waals surface area contributed by atoms with Gasteiger partial charge < -0.3 is 10.2 Å². The summed E-state index contributed by atoms with van der Waals surface area (Å²) in [4.78, 5) is 16.1. The first-order valence-electron chi connectivity index (χ1n) is 5.20. The molecular weight excluding hydrogens is 368 g/mol. The fourth-order valence-electron chi connectivity index (χ4n) is 1.70. The zero-order valence-electron chi connectivity index (χ0n) is 9.27. The fraction of sp³-hybridized carbons (Fsp3) is 0.300. The molecule has 0 aliphatic carbocycles. The molecule has 0 aromatic carbocycles. The Balaban J connectivity index is 2.15. The topological polar surface area (TPSA) is 71.3 Å². The van der Waals surface area contributed by atoms with E-state index in [0.29, 0.717) is 18.9 Å². The van der Waals surface area contributed by atoms with E-state index in [1.807, 2.05) is 11.0 Å². The average molecular weight is 378 g/mol. The Morgan fingerprint density at radius 3 is 3.06 bits per heavy atom. The van der Waals surface area contributed by atoms with Crippen LogP contribution in [0.1, 0.15) is 5.56 Å². The monoisotopic (exact) mass is 376 g/mol. The zero-order valence-corrected chi connectivity index (χ0v) is 12.4. The summed E-state index contributed by atoms with van der Waals surface area (Å²) < 4.78 is 1.68. The predicted octanol–water partition coefficient (Wildman–Crippen LogP) is 2.09. The molecule has 18 heavy (non-hydrogen) atoms. The molecule has 6 nitrogen and oxygen atoms in total. The standard InChI is InChI=1S/C10H10Br2N4O2/c11-8-3-9(12)14-4-7(8)5-15-2-1-13-10(15)6-16(17)18/h3-4,6,13H,1-2,5H2. The van der Waals surface area contributed by atoms with Crippen molar-refractivity contribution in [1.29, 1.82) is 0 Å². The van der Waals surface area contributed by atoms with Crippen molar-refractivity contribution in [3.8, 4) is 0 Å². The first-order valence-corrected chi connectivity index (χ1v) is 6.79. The second-order valence-electron chi connectivity index (χ2n) is 3.75. The van der Waals surface area contributed by atoms with E-state index in [4.69, 9.17) is 0 Å². The number of hydrogen-bond acceptors (Lipinski definition) is 5. The van der Waals surface area contributed by atoms with Gasteiger partial charge in [-0.3, -0.25) is 10.1 Å². The number of nitro groups is 1. The van der Waals surface area contributed by atoms with Crippen molar-refractivity contribution in [3.63, 3.8) is 0 Å². The smallest absolute Gasteiger partial charge is 0.274 e. The summed E-state index contributed by atoms with van der Waals surface area (Å²) in [5, 5.41) is 13.5. The molecule has 1 aromatic heterocycles. The molecule has 1 aliphatic rings. The molecule has 1 aliphatic heterocycles. The van der Waals surface area contributed by atoms with Crippen LogP contribution in [0.15, 0.2) is 33.4 Å². The van der Waals surface area contributed by atoms with E-state index in [-0.39, 0.29) is 0 Å². The summed E-state index contributed by atoms with van der Waals surface area (Å²) >= 11 is 6.74. The SMILES string of the molecule is O=[N+]([O-])C=C1NCCN1Cc1cnc(Br)cc1Br. The lowest BCUT2D eigenvalue weighted by molar-refractivity contribution is -0.404. The molecular formula is C10H10Br2N4O2. The number of nitrogens with zero attached hydrogens (tertiary/aromatic N) is 3. The normalized spacial score (nSPS) is 17.0. The minimum atomic E-state index is -0.449. The van der Waals surface area contributed by atoms with Gasteiger partial charge in [0.1, 0.15) is 4.60 Å². The maximum Gasteiger partial charge on any atom is 0.274 e. The van der Waals surface area contributed by atoms with Crippen LogP contribution in [0.2, 0.25) is 0 Å². The molecule has 0 saturated carbocycles. The van der Waals surface area contributed by atoms with Crippen molar-refractivity contribution in [2.45, 2.75) is 6.54 Å². The van der Waals surface area contributed by atoms with Crippen LogP contribution < -0.4 is 5.32 Å². The first-order chi connectivity index (χ1) is 8.56. The number of pyridine rings is 1. The molecule has 1 saturated heterocycles. The van der Waals surface area contributed by atoms with Crippen molar-refractivity contribution in [2.75, 3.05) is 13.1 Å². The number of halogens is 2. The molecule has 0 bridgehead atoms. The molecule has 0 spiro atoms. The molecule has 1 fully saturated rings. The van der Waals surface area contributed by atoms with E-state index in [9.17, 15) is 10.1 Å². The molecule has 0 atom stereocenters. The minimum Gasteiger partial charge on any atom is -0.365 e. The minimum absolute atomic E-state index is 0.449. The lowest BCUT2D eigenvalue weighted by atomic mass is 10.2. The second-order valence-corrected chi connectivity index (χ2v) is 5.41. The van der Waals surface area contributed by atoms with E-state index >= 15 is 0 Å². The van der Waals surface area contributed by atoms with Crippen molar-refractivity contribution in [3.05, 3.63) is 49.0 Å². The third-order valence-corrected chi connectivity index (χ3v) is 3.69. The Labute approximate surface area is 120 Å². The third-order valence-electron chi connectivity index (χ3n) is 2.51. The molecule has 96 valence electrons. The lowest BCUT2D eigenvalue weighted by Crippen LogP contribution is -2.21. The van der Waals surface area contributed by atoms with Crippen LogP contribution in [0, 0.1) is 10.1 Å². The lowest BCUT2D eigenvalue weighted by Gasteiger charge is -2.17. The number of hydrogen-bond donors (Lipinski definition) is 1. The Kier molecular flexibility index (Phi) is 4.18. The molecule has 2 rings (SSSR count). The quantitative estimate of drug-likeness (QED) is 0.496. The van der Waals surface area contributed by atoms with Crippen molar-refractivity contribution in [2.24, 2.45) is 0 Å². The van der Waals surface area contributed by atoms with Gasteiger partial charge in [0.2, 0.25) is 0 Å². The van der Waals surface area contributed by atoms with E-state index in [1.165, 1.54) is 0 Å². The number of rotatable bonds is 3. The zero-order chi connectivity index (χ0) is 13.1. The summed E-state index contributed by atoms with van der Waals surface area (Å²) in [6.07, 6.45) is 2.74. The highest BCUT2D eigenvalue weighted by Crippen LogP contribution is 2.22. The maximum absolute atomic E-state index is 10.5. The Morgan fingerprint density at radius 1 is 1.61 bits per heavy atom. The van der Waals surface area contributed by atoms with Gasteiger partial charge in [0.25, 0.3) is 6.20 Å². The summed E-state index contributed by atoms with van der Waals surface area (Å²) in [6.45, 7) is 2.02. The van der Waals surface area contributed by atoms with Gasteiger partial charge in [-0.25, -0.2) is 4.98 Å². The van der Waals surface area contributed by atoms with Crippen molar-refractivity contribution in [1.82, 2.24) is 15.2 Å². The van der Waals surface area contributed by atoms with Crippen LogP contribution in [-0.2, 0) is 6.54 Å². The van der Waals surface area contributed by atoms with Crippen LogP contribution in [0.5, 0.6) is 0 Å². The van der Waals surface area contributed by atoms with E-state index in [2.05, 4.69) is 42.2 Å². The molecule has 1 aromatic rings. The summed E-state index contributed by atoms with van der Waals surface area (Å²) in [5.41, 5.74) is 0.983. The summed E-state index contributed by atoms with van der Waals surface area (Å²) in [5.74, 6) is 0.537. The average Bonchev–Trinajstić information content (AvgIpc) is 2.69. The highest BCUT2D eigenvalue weighted by molar-refractivity contribution is 9.11.